The summed E-state index contributed by atoms with van der Waals surface area (Å²) in [6, 6.07) is 10.5. The molecular weight excluding hydrogens is 317 g/mol. The second-order valence-electron chi connectivity index (χ2n) is 6.82. The van der Waals surface area contributed by atoms with Gasteiger partial charge in [0.05, 0.1) is 6.42 Å². The van der Waals surface area contributed by atoms with Gasteiger partial charge < -0.3 is 9.80 Å². The molecule has 0 saturated carbocycles. The topological polar surface area (TPSA) is 36.4 Å². The second-order valence-corrected chi connectivity index (χ2v) is 6.82. The Bertz CT molecular complexity index is 707. The quantitative estimate of drug-likeness (QED) is 0.811. The summed E-state index contributed by atoms with van der Waals surface area (Å²) in [5.74, 6) is 0.177. The number of carbonyl (C=O) groups is 1. The van der Waals surface area contributed by atoms with E-state index >= 15 is 0 Å². The highest BCUT2D eigenvalue weighted by molar-refractivity contribution is 5.79. The lowest BCUT2D eigenvalue weighted by Crippen LogP contribution is -2.32. The molecule has 1 amide bonds. The van der Waals surface area contributed by atoms with Crippen molar-refractivity contribution in [3.8, 4) is 0 Å². The first-order valence-electron chi connectivity index (χ1n) is 8.70. The third-order valence-electron chi connectivity index (χ3n) is 4.68. The SMILES string of the molecule is CN(Cc1cccnc1)CC1CCN(C(=O)Cc2ccccc2F)C1. The Hall–Kier alpha value is -2.27. The molecule has 1 fully saturated rings. The first kappa shape index (κ1) is 17.5. The Morgan fingerprint density at radius 3 is 2.92 bits per heavy atom. The van der Waals surface area contributed by atoms with Gasteiger partial charge in [0.1, 0.15) is 5.82 Å². The van der Waals surface area contributed by atoms with E-state index in [-0.39, 0.29) is 18.1 Å². The number of likely N-dealkylation sites (tertiary alicyclic amines) is 1. The van der Waals surface area contributed by atoms with Crippen LogP contribution in [0.4, 0.5) is 4.39 Å². The molecule has 1 saturated heterocycles. The number of amides is 1. The molecular formula is C20H24FN3O. The molecule has 1 atom stereocenters. The van der Waals surface area contributed by atoms with Gasteiger partial charge in [-0.1, -0.05) is 24.3 Å². The fourth-order valence-electron chi connectivity index (χ4n) is 3.43. The Morgan fingerprint density at radius 2 is 2.16 bits per heavy atom. The minimum absolute atomic E-state index is 0.0162. The second kappa shape index (κ2) is 8.21. The molecule has 25 heavy (non-hydrogen) atoms. The van der Waals surface area contributed by atoms with Gasteiger partial charge >= 0.3 is 0 Å². The van der Waals surface area contributed by atoms with E-state index in [2.05, 4.69) is 23.0 Å². The maximum Gasteiger partial charge on any atom is 0.227 e. The molecule has 2 aromatic rings. The highest BCUT2D eigenvalue weighted by Gasteiger charge is 2.27. The third kappa shape index (κ3) is 4.86. The third-order valence-corrected chi connectivity index (χ3v) is 4.68. The molecule has 3 rings (SSSR count). The molecule has 0 N–H and O–H groups in total. The molecule has 4 nitrogen and oxygen atoms in total. The number of hydrogen-bond donors (Lipinski definition) is 0. The van der Waals surface area contributed by atoms with Crippen molar-refractivity contribution in [2.75, 3.05) is 26.7 Å². The number of pyridine rings is 1. The van der Waals surface area contributed by atoms with Crippen molar-refractivity contribution < 1.29 is 9.18 Å². The summed E-state index contributed by atoms with van der Waals surface area (Å²) in [6.45, 7) is 3.31. The van der Waals surface area contributed by atoms with Crippen molar-refractivity contribution in [2.45, 2.75) is 19.4 Å². The molecule has 1 aliphatic heterocycles. The summed E-state index contributed by atoms with van der Waals surface area (Å²) < 4.78 is 13.7. The zero-order chi connectivity index (χ0) is 17.6. The van der Waals surface area contributed by atoms with E-state index < -0.39 is 0 Å². The van der Waals surface area contributed by atoms with Gasteiger partial charge in [-0.15, -0.1) is 0 Å². The molecule has 0 bridgehead atoms. The van der Waals surface area contributed by atoms with Crippen LogP contribution in [-0.2, 0) is 17.8 Å². The summed E-state index contributed by atoms with van der Waals surface area (Å²) in [7, 11) is 2.09. The average Bonchev–Trinajstić information content (AvgIpc) is 3.06. The van der Waals surface area contributed by atoms with E-state index in [1.54, 1.807) is 24.4 Å². The normalized spacial score (nSPS) is 17.2. The average molecular weight is 341 g/mol. The van der Waals surface area contributed by atoms with Crippen molar-refractivity contribution in [3.05, 3.63) is 65.7 Å². The van der Waals surface area contributed by atoms with Crippen molar-refractivity contribution in [1.29, 1.82) is 0 Å². The van der Waals surface area contributed by atoms with Crippen LogP contribution in [0.15, 0.2) is 48.8 Å². The Kier molecular flexibility index (Phi) is 5.76. The molecule has 132 valence electrons. The number of carbonyl (C=O) groups excluding carboxylic acids is 1. The summed E-state index contributed by atoms with van der Waals surface area (Å²) in [6.07, 6.45) is 4.81. The minimum Gasteiger partial charge on any atom is -0.342 e. The molecule has 0 aliphatic carbocycles. The predicted octanol–water partition coefficient (Wildman–Crippen LogP) is 2.74. The highest BCUT2D eigenvalue weighted by atomic mass is 19.1. The molecule has 2 heterocycles. The zero-order valence-electron chi connectivity index (χ0n) is 14.6. The molecule has 1 aromatic carbocycles. The number of hydrogen-bond acceptors (Lipinski definition) is 3. The first-order valence-corrected chi connectivity index (χ1v) is 8.70. The van der Waals surface area contributed by atoms with Crippen LogP contribution in [0.5, 0.6) is 0 Å². The van der Waals surface area contributed by atoms with Gasteiger partial charge in [-0.05, 0) is 42.6 Å². The maximum atomic E-state index is 13.7. The van der Waals surface area contributed by atoms with Crippen LogP contribution in [0.2, 0.25) is 0 Å². The molecule has 0 spiro atoms. The van der Waals surface area contributed by atoms with E-state index in [1.165, 1.54) is 11.6 Å². The number of benzene rings is 1. The molecule has 0 radical (unpaired) electrons. The molecule has 1 unspecified atom stereocenters. The van der Waals surface area contributed by atoms with E-state index in [9.17, 15) is 9.18 Å². The zero-order valence-corrected chi connectivity index (χ0v) is 14.6. The summed E-state index contributed by atoms with van der Waals surface area (Å²) >= 11 is 0. The number of halogens is 1. The summed E-state index contributed by atoms with van der Waals surface area (Å²) in [4.78, 5) is 20.7. The smallest absolute Gasteiger partial charge is 0.227 e. The maximum absolute atomic E-state index is 13.7. The van der Waals surface area contributed by atoms with E-state index in [1.807, 2.05) is 17.2 Å². The van der Waals surface area contributed by atoms with Crippen molar-refractivity contribution >= 4 is 5.91 Å². The fourth-order valence-corrected chi connectivity index (χ4v) is 3.43. The summed E-state index contributed by atoms with van der Waals surface area (Å²) in [5.41, 5.74) is 1.67. The van der Waals surface area contributed by atoms with E-state index in [0.717, 1.165) is 32.6 Å². The van der Waals surface area contributed by atoms with Crippen LogP contribution < -0.4 is 0 Å². The number of nitrogens with zero attached hydrogens (tertiary/aromatic N) is 3. The lowest BCUT2D eigenvalue weighted by atomic mass is 10.1. The standard InChI is InChI=1S/C20H24FN3O/c1-23(13-16-5-4-9-22-12-16)14-17-8-10-24(15-17)20(25)11-18-6-2-3-7-19(18)21/h2-7,9,12,17H,8,10-11,13-15H2,1H3. The monoisotopic (exact) mass is 341 g/mol. The van der Waals surface area contributed by atoms with Crippen LogP contribution in [0.25, 0.3) is 0 Å². The Morgan fingerprint density at radius 1 is 1.32 bits per heavy atom. The van der Waals surface area contributed by atoms with Gasteiger partial charge in [0.2, 0.25) is 5.91 Å². The van der Waals surface area contributed by atoms with Crippen LogP contribution in [0, 0.1) is 11.7 Å². The highest BCUT2D eigenvalue weighted by Crippen LogP contribution is 2.19. The van der Waals surface area contributed by atoms with E-state index in [4.69, 9.17) is 0 Å². The van der Waals surface area contributed by atoms with Crippen molar-refractivity contribution in [1.82, 2.24) is 14.8 Å². The van der Waals surface area contributed by atoms with Crippen LogP contribution >= 0.6 is 0 Å². The Labute approximate surface area is 148 Å². The van der Waals surface area contributed by atoms with Crippen LogP contribution in [-0.4, -0.2) is 47.4 Å². The largest absolute Gasteiger partial charge is 0.342 e. The predicted molar refractivity (Wildman–Crippen MR) is 95.4 cm³/mol. The van der Waals surface area contributed by atoms with Crippen molar-refractivity contribution in [2.24, 2.45) is 5.92 Å². The fraction of sp³-hybridized carbons (Fsp3) is 0.400. The van der Waals surface area contributed by atoms with Crippen molar-refractivity contribution in [3.63, 3.8) is 0 Å². The van der Waals surface area contributed by atoms with Crippen LogP contribution in [0.1, 0.15) is 17.5 Å². The lowest BCUT2D eigenvalue weighted by Gasteiger charge is -2.21. The minimum atomic E-state index is -0.303. The number of rotatable bonds is 6. The summed E-state index contributed by atoms with van der Waals surface area (Å²) in [5, 5.41) is 0. The van der Waals surface area contributed by atoms with Gasteiger partial charge in [-0.2, -0.15) is 0 Å². The molecule has 1 aliphatic rings. The molecule has 5 heteroatoms. The lowest BCUT2D eigenvalue weighted by molar-refractivity contribution is -0.129. The van der Waals surface area contributed by atoms with Crippen LogP contribution in [0.3, 0.4) is 0 Å². The van der Waals surface area contributed by atoms with E-state index in [0.29, 0.717) is 11.5 Å². The van der Waals surface area contributed by atoms with Gasteiger partial charge in [0.15, 0.2) is 0 Å². The Balaban J connectivity index is 1.48. The van der Waals surface area contributed by atoms with Gasteiger partial charge in [0.25, 0.3) is 0 Å². The molecule has 1 aromatic heterocycles. The van der Waals surface area contributed by atoms with Gasteiger partial charge in [-0.3, -0.25) is 9.78 Å². The number of aromatic nitrogens is 1. The van der Waals surface area contributed by atoms with Gasteiger partial charge in [0, 0.05) is 38.6 Å². The first-order chi connectivity index (χ1) is 12.1. The van der Waals surface area contributed by atoms with Gasteiger partial charge in [-0.25, -0.2) is 4.39 Å².